The minimum absolute atomic E-state index is 0.234. The van der Waals surface area contributed by atoms with Gasteiger partial charge in [0.1, 0.15) is 5.82 Å². The van der Waals surface area contributed by atoms with Crippen LogP contribution in [-0.2, 0) is 17.7 Å². The van der Waals surface area contributed by atoms with Gasteiger partial charge in [-0.1, -0.05) is 25.1 Å². The van der Waals surface area contributed by atoms with E-state index in [-0.39, 0.29) is 5.82 Å². The molecule has 0 bridgehead atoms. The van der Waals surface area contributed by atoms with Gasteiger partial charge < -0.3 is 20.7 Å². The fourth-order valence-corrected chi connectivity index (χ4v) is 2.94. The minimum Gasteiger partial charge on any atom is -0.378 e. The van der Waals surface area contributed by atoms with E-state index in [0.29, 0.717) is 44.5 Å². The average Bonchev–Trinajstić information content (AvgIpc) is 2.67. The van der Waals surface area contributed by atoms with Crippen LogP contribution in [0.25, 0.3) is 0 Å². The minimum atomic E-state index is -0.234. The van der Waals surface area contributed by atoms with Gasteiger partial charge in [0, 0.05) is 18.8 Å². The van der Waals surface area contributed by atoms with Crippen LogP contribution in [0.4, 0.5) is 15.8 Å². The first-order valence-corrected chi connectivity index (χ1v) is 8.92. The predicted octanol–water partition coefficient (Wildman–Crippen LogP) is 3.15. The van der Waals surface area contributed by atoms with Gasteiger partial charge in [-0.05, 0) is 41.8 Å². The van der Waals surface area contributed by atoms with Crippen molar-refractivity contribution in [2.45, 2.75) is 19.9 Å². The van der Waals surface area contributed by atoms with Gasteiger partial charge in [0.05, 0.1) is 25.4 Å². The van der Waals surface area contributed by atoms with Crippen LogP contribution in [0.3, 0.4) is 0 Å². The molecule has 0 aromatic heterocycles. The van der Waals surface area contributed by atoms with E-state index < -0.39 is 0 Å². The Morgan fingerprint density at radius 2 is 2.00 bits per heavy atom. The van der Waals surface area contributed by atoms with E-state index >= 15 is 0 Å². The lowest BCUT2D eigenvalue weighted by Crippen LogP contribution is -2.36. The zero-order valence-corrected chi connectivity index (χ0v) is 15.0. The molecule has 5 nitrogen and oxygen atoms in total. The lowest BCUT2D eigenvalue weighted by Gasteiger charge is -2.29. The van der Waals surface area contributed by atoms with Crippen LogP contribution in [-0.4, -0.2) is 32.3 Å². The summed E-state index contributed by atoms with van der Waals surface area (Å²) in [5.41, 5.74) is 9.48. The van der Waals surface area contributed by atoms with Crippen LogP contribution in [0.2, 0.25) is 0 Å². The first kappa shape index (κ1) is 18.2. The fourth-order valence-electron chi connectivity index (χ4n) is 2.94. The van der Waals surface area contributed by atoms with Gasteiger partial charge in [0.2, 0.25) is 0 Å². The molecule has 26 heavy (non-hydrogen) atoms. The molecule has 0 unspecified atom stereocenters. The zero-order valence-electron chi connectivity index (χ0n) is 15.0. The van der Waals surface area contributed by atoms with Crippen LogP contribution in [0.1, 0.15) is 18.1 Å². The number of morpholine rings is 1. The second kappa shape index (κ2) is 8.67. The normalized spacial score (nSPS) is 15.2. The van der Waals surface area contributed by atoms with Crippen molar-refractivity contribution in [3.8, 4) is 0 Å². The molecule has 1 aliphatic heterocycles. The third-order valence-corrected chi connectivity index (χ3v) is 4.40. The van der Waals surface area contributed by atoms with Gasteiger partial charge in [0.15, 0.2) is 5.96 Å². The summed E-state index contributed by atoms with van der Waals surface area (Å²) >= 11 is 0. The Kier molecular flexibility index (Phi) is 6.07. The number of nitrogens with two attached hydrogens (primary N) is 1. The Morgan fingerprint density at radius 3 is 2.73 bits per heavy atom. The highest BCUT2D eigenvalue weighted by Crippen LogP contribution is 2.22. The zero-order chi connectivity index (χ0) is 18.4. The summed E-state index contributed by atoms with van der Waals surface area (Å²) in [5, 5.41) is 3.08. The topological polar surface area (TPSA) is 62.9 Å². The van der Waals surface area contributed by atoms with Gasteiger partial charge in [0.25, 0.3) is 0 Å². The molecule has 0 radical (unpaired) electrons. The summed E-state index contributed by atoms with van der Waals surface area (Å²) in [5.74, 6) is 0.0812. The van der Waals surface area contributed by atoms with Gasteiger partial charge in [-0.3, -0.25) is 0 Å². The largest absolute Gasteiger partial charge is 0.378 e. The third kappa shape index (κ3) is 4.73. The first-order valence-electron chi connectivity index (χ1n) is 8.92. The van der Waals surface area contributed by atoms with Gasteiger partial charge >= 0.3 is 0 Å². The molecule has 138 valence electrons. The molecule has 1 saturated heterocycles. The number of nitrogens with one attached hydrogen (secondary N) is 1. The first-order chi connectivity index (χ1) is 12.7. The number of anilines is 2. The summed E-state index contributed by atoms with van der Waals surface area (Å²) in [6.45, 7) is 5.11. The predicted molar refractivity (Wildman–Crippen MR) is 104 cm³/mol. The summed E-state index contributed by atoms with van der Waals surface area (Å²) in [4.78, 5) is 6.31. The number of benzene rings is 2. The number of hydrogen-bond acceptors (Lipinski definition) is 3. The van der Waals surface area contributed by atoms with Crippen LogP contribution in [0.5, 0.6) is 0 Å². The molecule has 2 aromatic rings. The molecule has 0 spiro atoms. The molecule has 1 fully saturated rings. The van der Waals surface area contributed by atoms with E-state index in [1.807, 2.05) is 29.2 Å². The number of aryl methyl sites for hydroxylation is 1. The summed E-state index contributed by atoms with van der Waals surface area (Å²) in [6, 6.07) is 13.3. The van der Waals surface area contributed by atoms with Gasteiger partial charge in [-0.25, -0.2) is 9.38 Å². The average molecular weight is 356 g/mol. The Bertz CT molecular complexity index is 772. The monoisotopic (exact) mass is 356 g/mol. The second-order valence-electron chi connectivity index (χ2n) is 6.27. The number of hydrogen-bond donors (Lipinski definition) is 2. The molecule has 2 aromatic carbocycles. The lowest BCUT2D eigenvalue weighted by molar-refractivity contribution is 0.122. The third-order valence-electron chi connectivity index (χ3n) is 4.40. The number of guanidine groups is 1. The number of aliphatic imine (C=N–C) groups is 1. The van der Waals surface area contributed by atoms with Crippen molar-refractivity contribution in [3.63, 3.8) is 0 Å². The number of nitrogens with zero attached hydrogens (tertiary/aromatic N) is 2. The molecule has 0 atom stereocenters. The van der Waals surface area contributed by atoms with Crippen LogP contribution < -0.4 is 16.0 Å². The van der Waals surface area contributed by atoms with Crippen molar-refractivity contribution in [2.24, 2.45) is 10.7 Å². The van der Waals surface area contributed by atoms with E-state index in [9.17, 15) is 4.39 Å². The van der Waals surface area contributed by atoms with Crippen LogP contribution in [0, 0.1) is 5.82 Å². The molecule has 3 N–H and O–H groups in total. The molecule has 0 aliphatic carbocycles. The van der Waals surface area contributed by atoms with E-state index in [0.717, 1.165) is 17.7 Å². The molecule has 0 saturated carbocycles. The number of halogens is 1. The Morgan fingerprint density at radius 1 is 1.19 bits per heavy atom. The van der Waals surface area contributed by atoms with Crippen molar-refractivity contribution >= 4 is 17.3 Å². The second-order valence-corrected chi connectivity index (χ2v) is 6.27. The van der Waals surface area contributed by atoms with Crippen molar-refractivity contribution < 1.29 is 9.13 Å². The van der Waals surface area contributed by atoms with E-state index in [4.69, 9.17) is 10.5 Å². The number of ether oxygens (including phenoxy) is 1. The van der Waals surface area contributed by atoms with Crippen molar-refractivity contribution in [1.82, 2.24) is 0 Å². The Balaban J connectivity index is 1.62. The number of rotatable bonds is 5. The highest BCUT2D eigenvalue weighted by molar-refractivity contribution is 5.92. The molecule has 1 heterocycles. The maximum absolute atomic E-state index is 14.4. The molecule has 1 aliphatic rings. The summed E-state index contributed by atoms with van der Waals surface area (Å²) in [6.07, 6.45) is 0.960. The summed E-state index contributed by atoms with van der Waals surface area (Å²) in [7, 11) is 0. The molecular formula is C20H25FN4O. The van der Waals surface area contributed by atoms with E-state index in [1.165, 1.54) is 11.6 Å². The Labute approximate surface area is 153 Å². The Hall–Kier alpha value is -2.60. The van der Waals surface area contributed by atoms with Crippen molar-refractivity contribution in [2.75, 3.05) is 36.5 Å². The van der Waals surface area contributed by atoms with Crippen LogP contribution >= 0.6 is 0 Å². The van der Waals surface area contributed by atoms with Crippen LogP contribution in [0.15, 0.2) is 47.5 Å². The quantitative estimate of drug-likeness (QED) is 0.638. The maximum atomic E-state index is 14.4. The van der Waals surface area contributed by atoms with E-state index in [1.54, 1.807) is 6.07 Å². The molecular weight excluding hydrogens is 331 g/mol. The maximum Gasteiger partial charge on any atom is 0.193 e. The standard InChI is InChI=1S/C20H25FN4O/c1-2-15-4-3-5-17(12-15)24-20(22)23-14-16-6-7-19(18(21)13-16)25-8-10-26-11-9-25/h3-7,12-13H,2,8-11,14H2,1H3,(H3,22,23,24). The molecule has 3 rings (SSSR count). The van der Waals surface area contributed by atoms with Gasteiger partial charge in [-0.2, -0.15) is 0 Å². The van der Waals surface area contributed by atoms with Crippen molar-refractivity contribution in [3.05, 3.63) is 59.4 Å². The SMILES string of the molecule is CCc1cccc(NC(N)=NCc2ccc(N3CCOCC3)c(F)c2)c1. The van der Waals surface area contributed by atoms with Crippen molar-refractivity contribution in [1.29, 1.82) is 0 Å². The smallest absolute Gasteiger partial charge is 0.193 e. The lowest BCUT2D eigenvalue weighted by atomic mass is 10.1. The highest BCUT2D eigenvalue weighted by Gasteiger charge is 2.15. The summed E-state index contributed by atoms with van der Waals surface area (Å²) < 4.78 is 19.7. The molecule has 6 heteroatoms. The fraction of sp³-hybridized carbons (Fsp3) is 0.350. The van der Waals surface area contributed by atoms with Gasteiger partial charge in [-0.15, -0.1) is 0 Å². The highest BCUT2D eigenvalue weighted by atomic mass is 19.1. The molecule has 0 amide bonds. The van der Waals surface area contributed by atoms with E-state index in [2.05, 4.69) is 23.3 Å².